The van der Waals surface area contributed by atoms with Gasteiger partial charge in [-0.15, -0.1) is 0 Å². The molecule has 0 unspecified atom stereocenters. The van der Waals surface area contributed by atoms with E-state index in [1.165, 1.54) is 44.5 Å². The molecule has 2 heterocycles. The van der Waals surface area contributed by atoms with Crippen molar-refractivity contribution in [3.63, 3.8) is 0 Å². The second-order valence-corrected chi connectivity index (χ2v) is 10.4. The van der Waals surface area contributed by atoms with Gasteiger partial charge in [0.2, 0.25) is 0 Å². The number of hydrogen-bond acceptors (Lipinski definition) is 2. The fraction of sp³-hybridized carbons (Fsp3) is 0.0526. The third kappa shape index (κ3) is 4.34. The first-order valence-corrected chi connectivity index (χ1v) is 13.7. The molecule has 0 bridgehead atoms. The van der Waals surface area contributed by atoms with Crippen LogP contribution in [0.5, 0.6) is 0 Å². The van der Waals surface area contributed by atoms with Crippen molar-refractivity contribution in [3.05, 3.63) is 145 Å². The summed E-state index contributed by atoms with van der Waals surface area (Å²) < 4.78 is 0. The van der Waals surface area contributed by atoms with E-state index in [0.29, 0.717) is 0 Å². The lowest BCUT2D eigenvalue weighted by Gasteiger charge is -2.14. The number of rotatable bonds is 4. The van der Waals surface area contributed by atoms with Gasteiger partial charge in [-0.2, -0.15) is 0 Å². The molecule has 0 aliphatic heterocycles. The van der Waals surface area contributed by atoms with Crippen LogP contribution >= 0.6 is 0 Å². The average molecular weight is 513 g/mol. The topological polar surface area (TPSA) is 25.8 Å². The first kappa shape index (κ1) is 24.0. The summed E-state index contributed by atoms with van der Waals surface area (Å²) in [5.41, 5.74) is 13.4. The van der Waals surface area contributed by atoms with Crippen LogP contribution in [0, 0.1) is 13.8 Å². The molecule has 0 atom stereocenters. The Kier molecular flexibility index (Phi) is 5.94. The highest BCUT2D eigenvalue weighted by molar-refractivity contribution is 6.12. The van der Waals surface area contributed by atoms with Gasteiger partial charge < -0.3 is 0 Å². The number of aromatic nitrogens is 2. The number of fused-ring (bicyclic) bond motifs is 3. The minimum absolute atomic E-state index is 0.946. The Morgan fingerprint density at radius 3 is 1.15 bits per heavy atom. The molecule has 0 fully saturated rings. The molecule has 2 nitrogen and oxygen atoms in total. The van der Waals surface area contributed by atoms with E-state index in [4.69, 9.17) is 9.97 Å². The van der Waals surface area contributed by atoms with E-state index in [2.05, 4.69) is 147 Å². The molecule has 0 N–H and O–H groups in total. The lowest BCUT2D eigenvalue weighted by atomic mass is 9.93. The summed E-state index contributed by atoms with van der Waals surface area (Å²) in [6, 6.07) is 47.4. The van der Waals surface area contributed by atoms with Gasteiger partial charge in [-0.25, -0.2) is 0 Å². The maximum Gasteiger partial charge on any atom is 0.0974 e. The van der Waals surface area contributed by atoms with E-state index < -0.39 is 0 Å². The van der Waals surface area contributed by atoms with Crippen LogP contribution < -0.4 is 0 Å². The smallest absolute Gasteiger partial charge is 0.0974 e. The molecular formula is C38H28N2. The molecule has 0 saturated heterocycles. The Morgan fingerprint density at radius 2 is 0.725 bits per heavy atom. The summed E-state index contributed by atoms with van der Waals surface area (Å²) in [6.07, 6.45) is 0. The highest BCUT2D eigenvalue weighted by Gasteiger charge is 2.15. The molecule has 2 heteroatoms. The van der Waals surface area contributed by atoms with Gasteiger partial charge in [0.25, 0.3) is 0 Å². The molecule has 0 aliphatic carbocycles. The number of benzene rings is 5. The average Bonchev–Trinajstić information content (AvgIpc) is 3.01. The minimum atomic E-state index is 0.946. The minimum Gasteiger partial charge on any atom is -0.251 e. The fourth-order valence-corrected chi connectivity index (χ4v) is 5.70. The number of aryl methyl sites for hydroxylation is 2. The normalized spacial score (nSPS) is 11.2. The second-order valence-electron chi connectivity index (χ2n) is 10.4. The van der Waals surface area contributed by atoms with Crippen molar-refractivity contribution >= 4 is 21.8 Å². The van der Waals surface area contributed by atoms with Crippen molar-refractivity contribution in [2.24, 2.45) is 0 Å². The molecule has 7 rings (SSSR count). The molecule has 190 valence electrons. The predicted molar refractivity (Wildman–Crippen MR) is 168 cm³/mol. The van der Waals surface area contributed by atoms with Crippen LogP contribution in [-0.4, -0.2) is 9.97 Å². The zero-order chi connectivity index (χ0) is 27.1. The molecular weight excluding hydrogens is 484 g/mol. The van der Waals surface area contributed by atoms with Gasteiger partial charge in [0.05, 0.1) is 11.0 Å². The lowest BCUT2D eigenvalue weighted by molar-refractivity contribution is 1.23. The van der Waals surface area contributed by atoms with Gasteiger partial charge in [0.1, 0.15) is 0 Å². The van der Waals surface area contributed by atoms with E-state index in [0.717, 1.165) is 33.2 Å². The Morgan fingerprint density at radius 1 is 0.350 bits per heavy atom. The molecule has 0 amide bonds. The van der Waals surface area contributed by atoms with Crippen molar-refractivity contribution in [2.45, 2.75) is 13.8 Å². The highest BCUT2D eigenvalue weighted by atomic mass is 14.8. The van der Waals surface area contributed by atoms with E-state index in [1.54, 1.807) is 0 Å². The Labute approximate surface area is 234 Å². The standard InChI is InChI=1S/C38H28N2/c1-25-21-35(31-17-9-15-29(23-31)27-11-5-3-6-12-27)33-19-20-34-36(22-26(2)40-38(34)37(33)39-25)32-18-10-16-30(24-32)28-13-7-4-8-14-28/h3-24H,1-2H3. The van der Waals surface area contributed by atoms with Gasteiger partial charge in [-0.1, -0.05) is 109 Å². The third-order valence-corrected chi connectivity index (χ3v) is 7.58. The lowest BCUT2D eigenvalue weighted by Crippen LogP contribution is -1.95. The maximum absolute atomic E-state index is 5.05. The van der Waals surface area contributed by atoms with E-state index >= 15 is 0 Å². The second kappa shape index (κ2) is 9.91. The number of hydrogen-bond donors (Lipinski definition) is 0. The van der Waals surface area contributed by atoms with E-state index in [9.17, 15) is 0 Å². The molecule has 0 aliphatic rings. The summed E-state index contributed by atoms with van der Waals surface area (Å²) >= 11 is 0. The van der Waals surface area contributed by atoms with Gasteiger partial charge in [0.15, 0.2) is 0 Å². The summed E-state index contributed by atoms with van der Waals surface area (Å²) in [6.45, 7) is 4.14. The summed E-state index contributed by atoms with van der Waals surface area (Å²) in [5, 5.41) is 2.23. The third-order valence-electron chi connectivity index (χ3n) is 7.58. The zero-order valence-corrected chi connectivity index (χ0v) is 22.6. The van der Waals surface area contributed by atoms with Gasteiger partial charge in [-0.05, 0) is 82.6 Å². The Balaban J connectivity index is 1.42. The molecule has 0 saturated carbocycles. The van der Waals surface area contributed by atoms with Crippen molar-refractivity contribution in [3.8, 4) is 44.5 Å². The fourth-order valence-electron chi connectivity index (χ4n) is 5.70. The SMILES string of the molecule is Cc1cc(-c2cccc(-c3ccccc3)c2)c2ccc3c(-c4cccc(-c5ccccc5)c4)cc(C)nc3c2n1. The molecule has 40 heavy (non-hydrogen) atoms. The highest BCUT2D eigenvalue weighted by Crippen LogP contribution is 2.38. The van der Waals surface area contributed by atoms with Crippen LogP contribution in [0.15, 0.2) is 133 Å². The van der Waals surface area contributed by atoms with Gasteiger partial charge in [-0.3, -0.25) is 9.97 Å². The van der Waals surface area contributed by atoms with Crippen molar-refractivity contribution in [1.29, 1.82) is 0 Å². The van der Waals surface area contributed by atoms with Gasteiger partial charge >= 0.3 is 0 Å². The maximum atomic E-state index is 5.05. The zero-order valence-electron chi connectivity index (χ0n) is 22.6. The van der Waals surface area contributed by atoms with Crippen LogP contribution in [0.4, 0.5) is 0 Å². The first-order chi connectivity index (χ1) is 19.6. The van der Waals surface area contributed by atoms with Crippen LogP contribution in [0.25, 0.3) is 66.3 Å². The van der Waals surface area contributed by atoms with E-state index in [1.807, 2.05) is 0 Å². The first-order valence-electron chi connectivity index (χ1n) is 13.7. The van der Waals surface area contributed by atoms with Gasteiger partial charge in [0, 0.05) is 22.2 Å². The molecule has 7 aromatic rings. The molecule has 2 aromatic heterocycles. The van der Waals surface area contributed by atoms with Crippen LogP contribution in [0.1, 0.15) is 11.4 Å². The van der Waals surface area contributed by atoms with Crippen LogP contribution in [-0.2, 0) is 0 Å². The van der Waals surface area contributed by atoms with Crippen molar-refractivity contribution in [2.75, 3.05) is 0 Å². The quantitative estimate of drug-likeness (QED) is 0.219. The van der Waals surface area contributed by atoms with E-state index in [-0.39, 0.29) is 0 Å². The summed E-state index contributed by atoms with van der Waals surface area (Å²) in [7, 11) is 0. The van der Waals surface area contributed by atoms with Crippen LogP contribution in [0.2, 0.25) is 0 Å². The largest absolute Gasteiger partial charge is 0.251 e. The summed E-state index contributed by atoms with van der Waals surface area (Å²) in [4.78, 5) is 10.1. The number of pyridine rings is 2. The van der Waals surface area contributed by atoms with Crippen molar-refractivity contribution in [1.82, 2.24) is 9.97 Å². The molecule has 0 radical (unpaired) electrons. The monoisotopic (exact) mass is 512 g/mol. The van der Waals surface area contributed by atoms with Crippen molar-refractivity contribution < 1.29 is 0 Å². The number of nitrogens with zero attached hydrogens (tertiary/aromatic N) is 2. The Hall–Kier alpha value is -5.08. The molecule has 0 spiro atoms. The van der Waals surface area contributed by atoms with Crippen LogP contribution in [0.3, 0.4) is 0 Å². The Bertz CT molecular complexity index is 1860. The summed E-state index contributed by atoms with van der Waals surface area (Å²) in [5.74, 6) is 0. The predicted octanol–water partition coefficient (Wildman–Crippen LogP) is 10.1. The molecule has 5 aromatic carbocycles.